The Morgan fingerprint density at radius 2 is 2.13 bits per heavy atom. The van der Waals surface area contributed by atoms with E-state index in [1.54, 1.807) is 19.1 Å². The molecule has 84 valence electrons. The monoisotopic (exact) mass is 232 g/mol. The number of nitrogens with two attached hydrogens (primary N) is 1. The molecule has 5 nitrogen and oxygen atoms in total. The maximum Gasteiger partial charge on any atom is 0.269 e. The third kappa shape index (κ3) is 3.47. The fraction of sp³-hybridized carbons (Fsp3) is 0.333. The van der Waals surface area contributed by atoms with Crippen LogP contribution in [0.5, 0.6) is 0 Å². The second kappa shape index (κ2) is 5.65. The normalized spacial score (nSPS) is 13.8. The van der Waals surface area contributed by atoms with Crippen LogP contribution >= 0.6 is 12.4 Å². The summed E-state index contributed by atoms with van der Waals surface area (Å²) < 4.78 is 0. The lowest BCUT2D eigenvalue weighted by Gasteiger charge is -2.14. The van der Waals surface area contributed by atoms with E-state index in [1.165, 1.54) is 12.1 Å². The highest BCUT2D eigenvalue weighted by molar-refractivity contribution is 5.85. The van der Waals surface area contributed by atoms with Crippen LogP contribution in [-0.2, 0) is 0 Å². The Hall–Kier alpha value is -1.17. The van der Waals surface area contributed by atoms with Crippen molar-refractivity contribution in [3.8, 4) is 0 Å². The lowest BCUT2D eigenvalue weighted by atomic mass is 10.0. The summed E-state index contributed by atoms with van der Waals surface area (Å²) in [5, 5.41) is 19.7. The molecule has 0 unspecified atom stereocenters. The van der Waals surface area contributed by atoms with Gasteiger partial charge < -0.3 is 10.8 Å². The fourth-order valence-corrected chi connectivity index (χ4v) is 1.12. The summed E-state index contributed by atoms with van der Waals surface area (Å²) in [5.74, 6) is 0. The van der Waals surface area contributed by atoms with E-state index in [9.17, 15) is 15.2 Å². The zero-order chi connectivity index (χ0) is 10.7. The largest absolute Gasteiger partial charge is 0.391 e. The van der Waals surface area contributed by atoms with E-state index < -0.39 is 17.1 Å². The van der Waals surface area contributed by atoms with Gasteiger partial charge in [0.1, 0.15) is 0 Å². The first-order chi connectivity index (χ1) is 6.52. The van der Waals surface area contributed by atoms with Gasteiger partial charge in [0.05, 0.1) is 17.1 Å². The number of nitro groups is 1. The molecule has 0 saturated heterocycles. The molecule has 15 heavy (non-hydrogen) atoms. The van der Waals surface area contributed by atoms with Crippen LogP contribution in [0.3, 0.4) is 0 Å². The average Bonchev–Trinajstić information content (AvgIpc) is 2.16. The van der Waals surface area contributed by atoms with Crippen molar-refractivity contribution >= 4 is 18.1 Å². The van der Waals surface area contributed by atoms with E-state index in [2.05, 4.69) is 0 Å². The number of benzene rings is 1. The summed E-state index contributed by atoms with van der Waals surface area (Å²) in [4.78, 5) is 9.96. The van der Waals surface area contributed by atoms with Gasteiger partial charge in [-0.3, -0.25) is 10.1 Å². The molecule has 0 saturated carbocycles. The van der Waals surface area contributed by atoms with Gasteiger partial charge in [0.15, 0.2) is 0 Å². The molecule has 0 amide bonds. The molecule has 0 heterocycles. The molecule has 0 bridgehead atoms. The van der Waals surface area contributed by atoms with Crippen molar-refractivity contribution in [2.45, 2.75) is 19.1 Å². The predicted octanol–water partition coefficient (Wildman–Crippen LogP) is 1.40. The van der Waals surface area contributed by atoms with Gasteiger partial charge in [-0.15, -0.1) is 12.4 Å². The fourth-order valence-electron chi connectivity index (χ4n) is 1.12. The smallest absolute Gasteiger partial charge is 0.269 e. The number of nitrogens with zero attached hydrogens (tertiary/aromatic N) is 1. The Balaban J connectivity index is 0.00000196. The topological polar surface area (TPSA) is 89.4 Å². The van der Waals surface area contributed by atoms with E-state index in [4.69, 9.17) is 5.73 Å². The lowest BCUT2D eigenvalue weighted by molar-refractivity contribution is -0.384. The standard InChI is InChI=1S/C9H12N2O3.ClH/c1-6(12)9(10)7-3-2-4-8(5-7)11(13)14;/h2-6,9,12H,10H2,1H3;1H/t6-,9-;/m1./s1. The quantitative estimate of drug-likeness (QED) is 0.609. The molecule has 0 fully saturated rings. The summed E-state index contributed by atoms with van der Waals surface area (Å²) in [6, 6.07) is 5.38. The Morgan fingerprint density at radius 1 is 1.53 bits per heavy atom. The summed E-state index contributed by atoms with van der Waals surface area (Å²) in [6.07, 6.45) is -0.725. The first-order valence-electron chi connectivity index (χ1n) is 4.20. The average molecular weight is 233 g/mol. The second-order valence-corrected chi connectivity index (χ2v) is 3.12. The molecule has 0 aliphatic heterocycles. The number of aliphatic hydroxyl groups excluding tert-OH is 1. The number of rotatable bonds is 3. The molecule has 0 aliphatic rings. The SMILES string of the molecule is C[C@@H](O)[C@@H](N)c1cccc([N+](=O)[O-])c1.Cl. The van der Waals surface area contributed by atoms with Crippen molar-refractivity contribution in [2.24, 2.45) is 5.73 Å². The molecule has 1 aromatic rings. The molecule has 3 N–H and O–H groups in total. The van der Waals surface area contributed by atoms with E-state index in [0.717, 1.165) is 0 Å². The highest BCUT2D eigenvalue weighted by Gasteiger charge is 2.14. The predicted molar refractivity (Wildman–Crippen MR) is 59.0 cm³/mol. The lowest BCUT2D eigenvalue weighted by Crippen LogP contribution is -2.23. The van der Waals surface area contributed by atoms with E-state index in [1.807, 2.05) is 0 Å². The first kappa shape index (κ1) is 13.8. The molecule has 0 aromatic heterocycles. The summed E-state index contributed by atoms with van der Waals surface area (Å²) in [7, 11) is 0. The summed E-state index contributed by atoms with van der Waals surface area (Å²) in [6.45, 7) is 1.55. The third-order valence-electron chi connectivity index (χ3n) is 1.99. The summed E-state index contributed by atoms with van der Waals surface area (Å²) >= 11 is 0. The molecular weight excluding hydrogens is 220 g/mol. The van der Waals surface area contributed by atoms with Crippen LogP contribution in [0.4, 0.5) is 5.69 Å². The minimum atomic E-state index is -0.725. The van der Waals surface area contributed by atoms with Gasteiger partial charge >= 0.3 is 0 Å². The summed E-state index contributed by atoms with van der Waals surface area (Å²) in [5.41, 5.74) is 6.18. The van der Waals surface area contributed by atoms with Crippen molar-refractivity contribution in [1.29, 1.82) is 0 Å². The molecule has 6 heteroatoms. The van der Waals surface area contributed by atoms with Crippen molar-refractivity contribution in [2.75, 3.05) is 0 Å². The van der Waals surface area contributed by atoms with Crippen LogP contribution in [0.1, 0.15) is 18.5 Å². The van der Waals surface area contributed by atoms with Crippen LogP contribution in [0.15, 0.2) is 24.3 Å². The number of hydrogen-bond donors (Lipinski definition) is 2. The van der Waals surface area contributed by atoms with E-state index in [-0.39, 0.29) is 18.1 Å². The number of hydrogen-bond acceptors (Lipinski definition) is 4. The Kier molecular flexibility index (Phi) is 5.21. The van der Waals surface area contributed by atoms with Gasteiger partial charge in [-0.1, -0.05) is 12.1 Å². The maximum atomic E-state index is 10.4. The number of non-ortho nitro benzene ring substituents is 1. The van der Waals surface area contributed by atoms with Gasteiger partial charge in [-0.25, -0.2) is 0 Å². The molecule has 0 radical (unpaired) electrons. The van der Waals surface area contributed by atoms with Gasteiger partial charge in [0.25, 0.3) is 5.69 Å². The molecule has 0 aliphatic carbocycles. The Labute approximate surface area is 93.5 Å². The Bertz CT molecular complexity index is 344. The zero-order valence-electron chi connectivity index (χ0n) is 8.16. The zero-order valence-corrected chi connectivity index (χ0v) is 8.98. The number of aliphatic hydroxyl groups is 1. The van der Waals surface area contributed by atoms with Crippen molar-refractivity contribution < 1.29 is 10.0 Å². The maximum absolute atomic E-state index is 10.4. The molecular formula is C9H13ClN2O3. The Morgan fingerprint density at radius 3 is 2.60 bits per heavy atom. The first-order valence-corrected chi connectivity index (χ1v) is 4.20. The minimum absolute atomic E-state index is 0. The minimum Gasteiger partial charge on any atom is -0.391 e. The van der Waals surface area contributed by atoms with Crippen molar-refractivity contribution in [3.05, 3.63) is 39.9 Å². The van der Waals surface area contributed by atoms with Crippen molar-refractivity contribution in [3.63, 3.8) is 0 Å². The molecule has 1 aromatic carbocycles. The van der Waals surface area contributed by atoms with Crippen LogP contribution in [0.25, 0.3) is 0 Å². The highest BCUT2D eigenvalue weighted by atomic mass is 35.5. The van der Waals surface area contributed by atoms with Gasteiger partial charge in [-0.2, -0.15) is 0 Å². The van der Waals surface area contributed by atoms with Gasteiger partial charge in [0.2, 0.25) is 0 Å². The van der Waals surface area contributed by atoms with Crippen LogP contribution < -0.4 is 5.73 Å². The third-order valence-corrected chi connectivity index (χ3v) is 1.99. The van der Waals surface area contributed by atoms with Crippen molar-refractivity contribution in [1.82, 2.24) is 0 Å². The molecule has 1 rings (SSSR count). The number of nitro benzene ring substituents is 1. The van der Waals surface area contributed by atoms with Crippen LogP contribution in [-0.4, -0.2) is 16.1 Å². The molecule has 0 spiro atoms. The van der Waals surface area contributed by atoms with E-state index >= 15 is 0 Å². The van der Waals surface area contributed by atoms with Gasteiger partial charge in [-0.05, 0) is 12.5 Å². The van der Waals surface area contributed by atoms with Gasteiger partial charge in [0, 0.05) is 12.1 Å². The van der Waals surface area contributed by atoms with E-state index in [0.29, 0.717) is 5.56 Å². The van der Waals surface area contributed by atoms with Crippen LogP contribution in [0.2, 0.25) is 0 Å². The molecule has 2 atom stereocenters. The number of halogens is 1. The second-order valence-electron chi connectivity index (χ2n) is 3.12. The highest BCUT2D eigenvalue weighted by Crippen LogP contribution is 2.19. The van der Waals surface area contributed by atoms with Crippen LogP contribution in [0, 0.1) is 10.1 Å².